The molecule has 0 unspecified atom stereocenters. The number of benzene rings is 3. The Morgan fingerprint density at radius 2 is 1.46 bits per heavy atom. The first-order valence-corrected chi connectivity index (χ1v) is 9.11. The highest BCUT2D eigenvalue weighted by Gasteiger charge is 2.19. The minimum absolute atomic E-state index is 0.0971. The van der Waals surface area contributed by atoms with E-state index in [2.05, 4.69) is 0 Å². The van der Waals surface area contributed by atoms with Crippen molar-refractivity contribution in [2.75, 3.05) is 13.2 Å². The van der Waals surface area contributed by atoms with Gasteiger partial charge in [0.05, 0.1) is 5.56 Å². The quantitative estimate of drug-likeness (QED) is 0.340. The molecule has 0 radical (unpaired) electrons. The van der Waals surface area contributed by atoms with Crippen LogP contribution in [0.5, 0.6) is 5.75 Å². The number of carbonyl (C=O) groups is 2. The number of hydrogen-bond donors (Lipinski definition) is 0. The fourth-order valence-electron chi connectivity index (χ4n) is 2.80. The second-order valence-corrected chi connectivity index (χ2v) is 6.54. The molecule has 0 saturated heterocycles. The zero-order valence-electron chi connectivity index (χ0n) is 16.0. The van der Waals surface area contributed by atoms with Gasteiger partial charge in [0.2, 0.25) is 0 Å². The maximum Gasteiger partial charge on any atom is 0.339 e. The Bertz CT molecular complexity index is 974. The molecule has 0 fully saturated rings. The Morgan fingerprint density at radius 3 is 2.18 bits per heavy atom. The van der Waals surface area contributed by atoms with Crippen molar-refractivity contribution >= 4 is 11.8 Å². The summed E-state index contributed by atoms with van der Waals surface area (Å²) in [5.41, 5.74) is 3.28. The van der Waals surface area contributed by atoms with E-state index < -0.39 is 5.97 Å². The number of hydrogen-bond acceptors (Lipinski definition) is 4. The van der Waals surface area contributed by atoms with Gasteiger partial charge in [-0.2, -0.15) is 0 Å². The molecule has 0 aliphatic heterocycles. The van der Waals surface area contributed by atoms with E-state index in [4.69, 9.17) is 9.47 Å². The molecule has 3 aromatic rings. The molecule has 0 atom stereocenters. The summed E-state index contributed by atoms with van der Waals surface area (Å²) < 4.78 is 10.9. The summed E-state index contributed by atoms with van der Waals surface area (Å²) in [6.45, 7) is 4.27. The molecule has 0 amide bonds. The van der Waals surface area contributed by atoms with Crippen molar-refractivity contribution < 1.29 is 19.1 Å². The lowest BCUT2D eigenvalue weighted by Gasteiger charge is -2.10. The van der Waals surface area contributed by atoms with Crippen molar-refractivity contribution in [3.63, 3.8) is 0 Å². The Hall–Kier alpha value is -3.40. The molecule has 0 aliphatic carbocycles. The lowest BCUT2D eigenvalue weighted by Crippen LogP contribution is -2.16. The summed E-state index contributed by atoms with van der Waals surface area (Å²) in [5.74, 6) is -0.0153. The van der Waals surface area contributed by atoms with E-state index in [0.717, 1.165) is 16.9 Å². The zero-order chi connectivity index (χ0) is 19.9. The van der Waals surface area contributed by atoms with Crippen molar-refractivity contribution in [3.8, 4) is 5.75 Å². The molecule has 142 valence electrons. The van der Waals surface area contributed by atoms with Crippen LogP contribution in [0.15, 0.2) is 72.8 Å². The first-order chi connectivity index (χ1) is 13.5. The third kappa shape index (κ3) is 4.86. The van der Waals surface area contributed by atoms with Gasteiger partial charge in [0.25, 0.3) is 0 Å². The highest BCUT2D eigenvalue weighted by Crippen LogP contribution is 2.17. The van der Waals surface area contributed by atoms with Crippen LogP contribution in [0.3, 0.4) is 0 Å². The van der Waals surface area contributed by atoms with Gasteiger partial charge in [0, 0.05) is 11.1 Å². The van der Waals surface area contributed by atoms with Gasteiger partial charge >= 0.3 is 5.97 Å². The van der Waals surface area contributed by atoms with Gasteiger partial charge in [-0.05, 0) is 37.6 Å². The molecule has 0 aromatic heterocycles. The summed E-state index contributed by atoms with van der Waals surface area (Å²) >= 11 is 0. The van der Waals surface area contributed by atoms with Gasteiger partial charge in [-0.15, -0.1) is 0 Å². The zero-order valence-corrected chi connectivity index (χ0v) is 16.0. The van der Waals surface area contributed by atoms with E-state index in [1.54, 1.807) is 36.4 Å². The molecular weight excluding hydrogens is 352 g/mol. The minimum Gasteiger partial charge on any atom is -0.490 e. The summed E-state index contributed by atoms with van der Waals surface area (Å²) in [5, 5.41) is 0. The van der Waals surface area contributed by atoms with Crippen molar-refractivity contribution in [1.29, 1.82) is 0 Å². The fraction of sp³-hybridized carbons (Fsp3) is 0.167. The maximum atomic E-state index is 12.8. The van der Waals surface area contributed by atoms with Gasteiger partial charge in [0.1, 0.15) is 19.0 Å². The number of aryl methyl sites for hydroxylation is 2. The van der Waals surface area contributed by atoms with E-state index in [1.807, 2.05) is 50.2 Å². The molecule has 28 heavy (non-hydrogen) atoms. The monoisotopic (exact) mass is 374 g/mol. The van der Waals surface area contributed by atoms with Crippen LogP contribution in [0, 0.1) is 13.8 Å². The van der Waals surface area contributed by atoms with E-state index in [-0.39, 0.29) is 24.6 Å². The van der Waals surface area contributed by atoms with Crippen LogP contribution >= 0.6 is 0 Å². The summed E-state index contributed by atoms with van der Waals surface area (Å²) in [4.78, 5) is 25.3. The van der Waals surface area contributed by atoms with Gasteiger partial charge in [-0.3, -0.25) is 4.79 Å². The minimum atomic E-state index is -0.538. The molecule has 3 aromatic carbocycles. The van der Waals surface area contributed by atoms with Crippen molar-refractivity contribution in [1.82, 2.24) is 0 Å². The van der Waals surface area contributed by atoms with E-state index in [0.29, 0.717) is 11.1 Å². The molecule has 4 nitrogen and oxygen atoms in total. The Morgan fingerprint density at radius 1 is 0.750 bits per heavy atom. The Balaban J connectivity index is 1.64. The third-order valence-corrected chi connectivity index (χ3v) is 4.28. The lowest BCUT2D eigenvalue weighted by atomic mass is 9.98. The van der Waals surface area contributed by atoms with Crippen molar-refractivity contribution in [3.05, 3.63) is 101 Å². The van der Waals surface area contributed by atoms with Crippen LogP contribution in [0.4, 0.5) is 0 Å². The lowest BCUT2D eigenvalue weighted by molar-refractivity contribution is 0.0448. The number of ether oxygens (including phenoxy) is 2. The number of rotatable bonds is 7. The highest BCUT2D eigenvalue weighted by atomic mass is 16.6. The van der Waals surface area contributed by atoms with Crippen LogP contribution in [0.25, 0.3) is 0 Å². The van der Waals surface area contributed by atoms with Crippen LogP contribution in [0.2, 0.25) is 0 Å². The first-order valence-electron chi connectivity index (χ1n) is 9.11. The van der Waals surface area contributed by atoms with Gasteiger partial charge in [-0.1, -0.05) is 60.2 Å². The molecule has 0 heterocycles. The Labute approximate surface area is 164 Å². The van der Waals surface area contributed by atoms with Gasteiger partial charge < -0.3 is 9.47 Å². The normalized spacial score (nSPS) is 10.4. The largest absolute Gasteiger partial charge is 0.490 e. The van der Waals surface area contributed by atoms with Gasteiger partial charge in [0.15, 0.2) is 5.78 Å². The predicted octanol–water partition coefficient (Wildman–Crippen LogP) is 4.77. The van der Waals surface area contributed by atoms with E-state index >= 15 is 0 Å². The first kappa shape index (κ1) is 19.4. The summed E-state index contributed by atoms with van der Waals surface area (Å²) in [6.07, 6.45) is 0. The van der Waals surface area contributed by atoms with Crippen molar-refractivity contribution in [2.24, 2.45) is 0 Å². The topological polar surface area (TPSA) is 52.6 Å². The number of carbonyl (C=O) groups excluding carboxylic acids is 2. The van der Waals surface area contributed by atoms with Crippen LogP contribution in [-0.4, -0.2) is 25.0 Å². The third-order valence-electron chi connectivity index (χ3n) is 4.28. The van der Waals surface area contributed by atoms with Crippen molar-refractivity contribution in [2.45, 2.75) is 13.8 Å². The molecule has 0 bridgehead atoms. The second kappa shape index (κ2) is 9.00. The summed E-state index contributed by atoms with van der Waals surface area (Å²) in [7, 11) is 0. The maximum absolute atomic E-state index is 12.8. The standard InChI is InChI=1S/C24H22O4/c1-17-10-12-19(13-11-17)23(25)21-8-3-4-9-22(21)24(26)28-15-14-27-20-7-5-6-18(2)16-20/h3-13,16H,14-15H2,1-2H3. The van der Waals surface area contributed by atoms with Crippen LogP contribution in [-0.2, 0) is 4.74 Å². The van der Waals surface area contributed by atoms with Crippen LogP contribution in [0.1, 0.15) is 37.4 Å². The predicted molar refractivity (Wildman–Crippen MR) is 108 cm³/mol. The molecule has 3 rings (SSSR count). The molecular formula is C24H22O4. The van der Waals surface area contributed by atoms with Crippen LogP contribution < -0.4 is 4.74 Å². The molecule has 0 N–H and O–H groups in total. The average Bonchev–Trinajstić information content (AvgIpc) is 2.71. The SMILES string of the molecule is Cc1ccc(C(=O)c2ccccc2C(=O)OCCOc2cccc(C)c2)cc1. The number of ketones is 1. The van der Waals surface area contributed by atoms with E-state index in [1.165, 1.54) is 0 Å². The fourth-order valence-corrected chi connectivity index (χ4v) is 2.80. The van der Waals surface area contributed by atoms with Gasteiger partial charge in [-0.25, -0.2) is 4.79 Å². The van der Waals surface area contributed by atoms with E-state index in [9.17, 15) is 9.59 Å². The molecule has 0 saturated carbocycles. The Kier molecular flexibility index (Phi) is 6.22. The molecule has 0 aliphatic rings. The second-order valence-electron chi connectivity index (χ2n) is 6.54. The smallest absolute Gasteiger partial charge is 0.339 e. The molecule has 4 heteroatoms. The average molecular weight is 374 g/mol. The summed E-state index contributed by atoms with van der Waals surface area (Å²) in [6, 6.07) is 21.6. The molecule has 0 spiro atoms. The highest BCUT2D eigenvalue weighted by molar-refractivity contribution is 6.14. The number of esters is 1.